The van der Waals surface area contributed by atoms with Crippen LogP contribution in [0.5, 0.6) is 5.75 Å². The average molecular weight is 630 g/mol. The molecule has 0 saturated heterocycles. The fourth-order valence-electron chi connectivity index (χ4n) is 4.90. The molecule has 1 N–H and O–H groups in total. The molecule has 1 aliphatic rings. The number of pyridine rings is 1. The summed E-state index contributed by atoms with van der Waals surface area (Å²) in [7, 11) is 0. The normalized spacial score (nSPS) is 14.3. The van der Waals surface area contributed by atoms with Crippen molar-refractivity contribution >= 4 is 40.7 Å². The number of carbonyl (C=O) groups is 2. The zero-order valence-corrected chi connectivity index (χ0v) is 25.1. The molecule has 44 heavy (non-hydrogen) atoms. The Morgan fingerprint density at radius 2 is 1.84 bits per heavy atom. The quantitative estimate of drug-likeness (QED) is 0.256. The van der Waals surface area contributed by atoms with Gasteiger partial charge in [0.1, 0.15) is 6.04 Å². The molecule has 0 unspecified atom stereocenters. The van der Waals surface area contributed by atoms with E-state index in [0.717, 1.165) is 5.56 Å². The van der Waals surface area contributed by atoms with Crippen molar-refractivity contribution in [3.8, 4) is 22.7 Å². The molecular weight excluding hydrogens is 605 g/mol. The van der Waals surface area contributed by atoms with E-state index in [2.05, 4.69) is 25.6 Å². The molecule has 0 bridgehead atoms. The van der Waals surface area contributed by atoms with Gasteiger partial charge in [-0.15, -0.1) is 5.10 Å². The van der Waals surface area contributed by atoms with Crippen LogP contribution in [0.15, 0.2) is 84.0 Å². The predicted molar refractivity (Wildman–Crippen MR) is 164 cm³/mol. The summed E-state index contributed by atoms with van der Waals surface area (Å²) in [5.41, 5.74) is 1.23. The van der Waals surface area contributed by atoms with Crippen molar-refractivity contribution < 1.29 is 14.3 Å². The number of fused-ring (bicyclic) bond motifs is 1. The minimum absolute atomic E-state index is 0.0935. The Bertz CT molecular complexity index is 1960. The van der Waals surface area contributed by atoms with Crippen LogP contribution in [0.4, 0.5) is 5.82 Å². The van der Waals surface area contributed by atoms with Crippen LogP contribution in [0.3, 0.4) is 0 Å². The molecule has 3 aromatic heterocycles. The van der Waals surface area contributed by atoms with E-state index in [1.807, 2.05) is 30.3 Å². The first kappa shape index (κ1) is 29.2. The Morgan fingerprint density at radius 1 is 1.05 bits per heavy atom. The largest absolute Gasteiger partial charge is 0.474 e. The van der Waals surface area contributed by atoms with Gasteiger partial charge in [-0.2, -0.15) is 0 Å². The average Bonchev–Trinajstić information content (AvgIpc) is 3.43. The Hall–Kier alpha value is -4.87. The lowest BCUT2D eigenvalue weighted by atomic mass is 9.98. The fourth-order valence-corrected chi connectivity index (χ4v) is 5.20. The molecule has 1 aliphatic heterocycles. The molecule has 0 spiro atoms. The molecule has 0 saturated carbocycles. The number of hydrogen-bond acceptors (Lipinski definition) is 8. The summed E-state index contributed by atoms with van der Waals surface area (Å²) >= 11 is 12.3. The number of carbonyl (C=O) groups excluding carboxylic acids is 2. The summed E-state index contributed by atoms with van der Waals surface area (Å²) in [6.07, 6.45) is 3.04. The molecule has 4 heterocycles. The zero-order chi connectivity index (χ0) is 31.0. The van der Waals surface area contributed by atoms with Gasteiger partial charge in [-0.3, -0.25) is 19.0 Å². The maximum absolute atomic E-state index is 13.9. The lowest BCUT2D eigenvalue weighted by Crippen LogP contribution is -2.46. The van der Waals surface area contributed by atoms with Crippen LogP contribution in [0.2, 0.25) is 10.2 Å². The summed E-state index contributed by atoms with van der Waals surface area (Å²) in [5, 5.41) is 11.2. The Balaban J connectivity index is 1.34. The van der Waals surface area contributed by atoms with Gasteiger partial charge in [0.25, 0.3) is 11.5 Å². The highest BCUT2D eigenvalue weighted by atomic mass is 35.5. The molecule has 0 aliphatic carbocycles. The number of hydrogen-bond donors (Lipinski definition) is 1. The van der Waals surface area contributed by atoms with Gasteiger partial charge in [0.05, 0.1) is 36.0 Å². The highest BCUT2D eigenvalue weighted by Crippen LogP contribution is 2.32. The second-order valence-electron chi connectivity index (χ2n) is 10.7. The summed E-state index contributed by atoms with van der Waals surface area (Å²) in [4.78, 5) is 48.9. The Labute approximate surface area is 261 Å². The van der Waals surface area contributed by atoms with E-state index < -0.39 is 17.2 Å². The number of amides is 1. The smallest absolute Gasteiger partial charge is 0.269 e. The van der Waals surface area contributed by atoms with Crippen LogP contribution in [-0.4, -0.2) is 46.8 Å². The second-order valence-corrected chi connectivity index (χ2v) is 11.6. The van der Waals surface area contributed by atoms with Gasteiger partial charge in [0.15, 0.2) is 28.1 Å². The molecule has 0 fully saturated rings. The molecule has 0 radical (unpaired) electrons. The van der Waals surface area contributed by atoms with Gasteiger partial charge < -0.3 is 10.1 Å². The van der Waals surface area contributed by atoms with Crippen LogP contribution in [-0.2, 0) is 22.4 Å². The zero-order valence-electron chi connectivity index (χ0n) is 23.6. The maximum atomic E-state index is 13.9. The third kappa shape index (κ3) is 5.97. The SMILES string of the molecule is CC1(C)Oc2ccc(CC(=O)[C@H](Cc3ccccc3)n3cnc(-c4cc(Cl)ccc4-n4cc(Cl)nn4)cc3=O)nc2NC1=O. The summed E-state index contributed by atoms with van der Waals surface area (Å²) < 4.78 is 8.54. The van der Waals surface area contributed by atoms with Crippen LogP contribution < -0.4 is 15.6 Å². The standard InChI is InChI=1S/C31H25Cl2N7O4/c1-31(2)30(43)36-29-26(44-31)11-9-20(35-29)14-25(41)24(12-18-6-4-3-5-7-18)39-17-34-22(15-28(39)42)21-13-19(32)8-10-23(21)40-16-27(33)37-38-40/h3-11,13,15-17,24H,12,14H2,1-2H3,(H,35,36,43)/t24-/m0/s1. The molecule has 5 aromatic rings. The number of aromatic nitrogens is 6. The molecule has 2 aromatic carbocycles. The summed E-state index contributed by atoms with van der Waals surface area (Å²) in [6.45, 7) is 3.32. The first-order chi connectivity index (χ1) is 21.1. The molecule has 222 valence electrons. The van der Waals surface area contributed by atoms with Crippen molar-refractivity contribution in [3.05, 3.63) is 111 Å². The Morgan fingerprint density at radius 3 is 2.57 bits per heavy atom. The van der Waals surface area contributed by atoms with E-state index in [1.165, 1.54) is 27.8 Å². The highest BCUT2D eigenvalue weighted by Gasteiger charge is 2.36. The van der Waals surface area contributed by atoms with Crippen LogP contribution in [0, 0.1) is 0 Å². The molecular formula is C31H25Cl2N7O4. The predicted octanol–water partition coefficient (Wildman–Crippen LogP) is 4.90. The summed E-state index contributed by atoms with van der Waals surface area (Å²) in [5.74, 6) is 0.0575. The van der Waals surface area contributed by atoms with Gasteiger partial charge in [-0.05, 0) is 49.7 Å². The number of Topliss-reactive ketones (excluding diaryl/α,β-unsaturated/α-hetero) is 1. The van der Waals surface area contributed by atoms with Crippen molar-refractivity contribution in [1.29, 1.82) is 0 Å². The van der Waals surface area contributed by atoms with Gasteiger partial charge >= 0.3 is 0 Å². The van der Waals surface area contributed by atoms with Crippen LogP contribution in [0.1, 0.15) is 31.1 Å². The van der Waals surface area contributed by atoms with Crippen molar-refractivity contribution in [2.45, 2.75) is 38.3 Å². The van der Waals surface area contributed by atoms with Crippen molar-refractivity contribution in [1.82, 2.24) is 29.5 Å². The first-order valence-corrected chi connectivity index (χ1v) is 14.4. The summed E-state index contributed by atoms with van der Waals surface area (Å²) in [6, 6.07) is 18.3. The third-order valence-electron chi connectivity index (χ3n) is 7.18. The minimum atomic E-state index is -1.04. The number of halogens is 2. The van der Waals surface area contributed by atoms with Crippen molar-refractivity contribution in [2.24, 2.45) is 0 Å². The van der Waals surface area contributed by atoms with E-state index >= 15 is 0 Å². The first-order valence-electron chi connectivity index (χ1n) is 13.6. The van der Waals surface area contributed by atoms with Crippen LogP contribution in [0.25, 0.3) is 16.9 Å². The maximum Gasteiger partial charge on any atom is 0.269 e. The molecule has 6 rings (SSSR count). The lowest BCUT2D eigenvalue weighted by molar-refractivity contribution is -0.129. The Kier molecular flexibility index (Phi) is 7.74. The van der Waals surface area contributed by atoms with E-state index in [1.54, 1.807) is 44.2 Å². The number of anilines is 1. The second kappa shape index (κ2) is 11.7. The van der Waals surface area contributed by atoms with Gasteiger partial charge in [0, 0.05) is 23.1 Å². The van der Waals surface area contributed by atoms with E-state index in [-0.39, 0.29) is 35.5 Å². The molecule has 1 atom stereocenters. The van der Waals surface area contributed by atoms with Crippen molar-refractivity contribution in [3.63, 3.8) is 0 Å². The number of nitrogens with one attached hydrogen (secondary N) is 1. The van der Waals surface area contributed by atoms with Gasteiger partial charge in [-0.25, -0.2) is 14.6 Å². The number of benzene rings is 2. The fraction of sp³-hybridized carbons (Fsp3) is 0.194. The molecule has 1 amide bonds. The van der Waals surface area contributed by atoms with Crippen molar-refractivity contribution in [2.75, 3.05) is 5.32 Å². The minimum Gasteiger partial charge on any atom is -0.474 e. The topological polar surface area (TPSA) is 134 Å². The van der Waals surface area contributed by atoms with E-state index in [4.69, 9.17) is 27.9 Å². The van der Waals surface area contributed by atoms with Gasteiger partial charge in [-0.1, -0.05) is 58.7 Å². The number of ether oxygens (including phenoxy) is 1. The third-order valence-corrected chi connectivity index (χ3v) is 7.59. The van der Waals surface area contributed by atoms with E-state index in [9.17, 15) is 14.4 Å². The number of rotatable bonds is 8. The molecule has 11 nitrogen and oxygen atoms in total. The lowest BCUT2D eigenvalue weighted by Gasteiger charge is -2.31. The highest BCUT2D eigenvalue weighted by molar-refractivity contribution is 6.31. The monoisotopic (exact) mass is 629 g/mol. The molecule has 13 heteroatoms. The van der Waals surface area contributed by atoms with Gasteiger partial charge in [0.2, 0.25) is 0 Å². The number of nitrogens with zero attached hydrogens (tertiary/aromatic N) is 6. The number of ketones is 1. The van der Waals surface area contributed by atoms with Crippen LogP contribution >= 0.6 is 23.2 Å². The van der Waals surface area contributed by atoms with E-state index in [0.29, 0.717) is 33.4 Å².